The van der Waals surface area contributed by atoms with Gasteiger partial charge in [0.2, 0.25) is 0 Å². The van der Waals surface area contributed by atoms with Gasteiger partial charge in [-0.15, -0.1) is 0 Å². The van der Waals surface area contributed by atoms with Crippen molar-refractivity contribution in [1.29, 1.82) is 0 Å². The fourth-order valence-corrected chi connectivity index (χ4v) is 4.96. The second-order valence-corrected chi connectivity index (χ2v) is 9.16. The van der Waals surface area contributed by atoms with Gasteiger partial charge in [0, 0.05) is 23.0 Å². The Kier molecular flexibility index (Phi) is 5.85. The van der Waals surface area contributed by atoms with Crippen molar-refractivity contribution in [3.63, 3.8) is 0 Å². The molecular weight excluding hydrogens is 479 g/mol. The lowest BCUT2D eigenvalue weighted by Crippen LogP contribution is -2.31. The van der Waals surface area contributed by atoms with E-state index in [1.54, 1.807) is 36.4 Å². The van der Waals surface area contributed by atoms with Crippen LogP contribution in [0, 0.1) is 6.92 Å². The molecule has 5 rings (SSSR count). The van der Waals surface area contributed by atoms with E-state index in [0.29, 0.717) is 37.8 Å². The van der Waals surface area contributed by atoms with Crippen LogP contribution >= 0.6 is 34.5 Å². The van der Waals surface area contributed by atoms with E-state index >= 15 is 0 Å². The van der Waals surface area contributed by atoms with E-state index in [1.807, 2.05) is 42.5 Å². The second kappa shape index (κ2) is 8.94. The van der Waals surface area contributed by atoms with Crippen molar-refractivity contribution in [2.45, 2.75) is 13.5 Å². The molecule has 0 unspecified atom stereocenters. The Morgan fingerprint density at radius 3 is 2.76 bits per heavy atom. The molecule has 3 aromatic heterocycles. The Balaban J connectivity index is 1.63. The molecule has 0 spiro atoms. The molecule has 0 saturated carbocycles. The number of halogens is 2. The van der Waals surface area contributed by atoms with Crippen LogP contribution < -0.4 is 4.90 Å². The molecule has 3 heterocycles. The van der Waals surface area contributed by atoms with Gasteiger partial charge in [0.25, 0.3) is 5.91 Å². The monoisotopic (exact) mass is 494 g/mol. The van der Waals surface area contributed by atoms with Gasteiger partial charge >= 0.3 is 0 Å². The van der Waals surface area contributed by atoms with E-state index in [1.165, 1.54) is 11.3 Å². The first kappa shape index (κ1) is 21.6. The lowest BCUT2D eigenvalue weighted by molar-refractivity contribution is 0.0984. The highest BCUT2D eigenvalue weighted by atomic mass is 35.5. The number of fused-ring (bicyclic) bond motifs is 1. The summed E-state index contributed by atoms with van der Waals surface area (Å²) in [5, 5.41) is 5.78. The molecular formula is C24H16Cl2N4O2S. The van der Waals surface area contributed by atoms with Gasteiger partial charge in [0.05, 0.1) is 21.8 Å². The predicted octanol–water partition coefficient (Wildman–Crippen LogP) is 6.81. The molecule has 0 aliphatic rings. The van der Waals surface area contributed by atoms with E-state index in [0.717, 1.165) is 15.8 Å². The van der Waals surface area contributed by atoms with Crippen molar-refractivity contribution in [3.05, 3.63) is 93.9 Å². The van der Waals surface area contributed by atoms with Crippen molar-refractivity contribution in [1.82, 2.24) is 15.1 Å². The summed E-state index contributed by atoms with van der Waals surface area (Å²) in [6, 6.07) is 16.4. The molecule has 0 N–H and O–H groups in total. The van der Waals surface area contributed by atoms with E-state index in [2.05, 4.69) is 10.1 Å². The molecule has 6 nitrogen and oxygen atoms in total. The summed E-state index contributed by atoms with van der Waals surface area (Å²) in [6.07, 6.45) is 3.41. The highest BCUT2D eigenvalue weighted by Gasteiger charge is 2.30. The molecule has 5 aromatic rings. The standard InChI is InChI=1S/C24H16Cl2N4O2S/c1-14-21(22(29-32-14)17-6-2-3-7-18(17)26)23(31)30(13-15-5-4-10-27-12-15)24-28-19-9-8-16(25)11-20(19)33-24/h2-12H,13H2,1H3. The smallest absolute Gasteiger partial charge is 0.266 e. The minimum Gasteiger partial charge on any atom is -0.360 e. The van der Waals surface area contributed by atoms with Gasteiger partial charge in [-0.25, -0.2) is 4.98 Å². The summed E-state index contributed by atoms with van der Waals surface area (Å²) >= 11 is 14.0. The SMILES string of the molecule is Cc1onc(-c2ccccc2Cl)c1C(=O)N(Cc1cccnc1)c1nc2ccc(Cl)cc2s1. The largest absolute Gasteiger partial charge is 0.360 e. The average Bonchev–Trinajstić information content (AvgIpc) is 3.41. The van der Waals surface area contributed by atoms with Crippen LogP contribution in [0.4, 0.5) is 5.13 Å². The molecule has 33 heavy (non-hydrogen) atoms. The van der Waals surface area contributed by atoms with Crippen LogP contribution in [0.5, 0.6) is 0 Å². The zero-order valence-corrected chi connectivity index (χ0v) is 19.7. The third-order valence-electron chi connectivity index (χ3n) is 5.08. The number of aryl methyl sites for hydroxylation is 1. The van der Waals surface area contributed by atoms with Crippen LogP contribution in [0.25, 0.3) is 21.5 Å². The summed E-state index contributed by atoms with van der Waals surface area (Å²) < 4.78 is 6.32. The topological polar surface area (TPSA) is 72.1 Å². The van der Waals surface area contributed by atoms with Gasteiger partial charge in [-0.2, -0.15) is 0 Å². The minimum absolute atomic E-state index is 0.271. The highest BCUT2D eigenvalue weighted by Crippen LogP contribution is 2.36. The first-order chi connectivity index (χ1) is 16.0. The van der Waals surface area contributed by atoms with Crippen LogP contribution in [-0.4, -0.2) is 21.0 Å². The number of hydrogen-bond acceptors (Lipinski definition) is 6. The Morgan fingerprint density at radius 1 is 1.12 bits per heavy atom. The number of hydrogen-bond donors (Lipinski definition) is 0. The minimum atomic E-state index is -0.294. The fourth-order valence-electron chi connectivity index (χ4n) is 3.50. The second-order valence-electron chi connectivity index (χ2n) is 7.30. The predicted molar refractivity (Wildman–Crippen MR) is 131 cm³/mol. The van der Waals surface area contributed by atoms with Gasteiger partial charge in [0.1, 0.15) is 17.0 Å². The molecule has 164 valence electrons. The normalized spacial score (nSPS) is 11.1. The van der Waals surface area contributed by atoms with Crippen LogP contribution in [-0.2, 0) is 6.54 Å². The number of amides is 1. The van der Waals surface area contributed by atoms with Crippen LogP contribution in [0.1, 0.15) is 21.7 Å². The van der Waals surface area contributed by atoms with Crippen molar-refractivity contribution in [2.75, 3.05) is 4.90 Å². The molecule has 0 fully saturated rings. The zero-order chi connectivity index (χ0) is 22.9. The highest BCUT2D eigenvalue weighted by molar-refractivity contribution is 7.22. The first-order valence-corrected chi connectivity index (χ1v) is 11.6. The number of thiazole rings is 1. The van der Waals surface area contributed by atoms with Crippen molar-refractivity contribution < 1.29 is 9.32 Å². The quantitative estimate of drug-likeness (QED) is 0.268. The van der Waals surface area contributed by atoms with E-state index in [4.69, 9.17) is 32.7 Å². The summed E-state index contributed by atoms with van der Waals surface area (Å²) in [5.41, 5.74) is 2.97. The third-order valence-corrected chi connectivity index (χ3v) is 6.69. The van der Waals surface area contributed by atoms with Gasteiger partial charge in [-0.1, -0.05) is 64.0 Å². The van der Waals surface area contributed by atoms with E-state index in [9.17, 15) is 4.79 Å². The molecule has 2 aromatic carbocycles. The van der Waals surface area contributed by atoms with Gasteiger partial charge in [0.15, 0.2) is 5.13 Å². The summed E-state index contributed by atoms with van der Waals surface area (Å²) in [7, 11) is 0. The van der Waals surface area contributed by atoms with Crippen molar-refractivity contribution >= 4 is 55.8 Å². The van der Waals surface area contributed by atoms with E-state index in [-0.39, 0.29) is 12.5 Å². The molecule has 0 atom stereocenters. The lowest BCUT2D eigenvalue weighted by atomic mass is 10.0. The number of anilines is 1. The van der Waals surface area contributed by atoms with Crippen molar-refractivity contribution in [3.8, 4) is 11.3 Å². The number of pyridine rings is 1. The molecule has 0 aliphatic heterocycles. The third kappa shape index (κ3) is 4.23. The molecule has 1 amide bonds. The van der Waals surface area contributed by atoms with Gasteiger partial charge in [-0.05, 0) is 42.8 Å². The number of rotatable bonds is 5. The maximum absolute atomic E-state index is 14.0. The number of carbonyl (C=O) groups is 1. The Labute approximate surface area is 203 Å². The van der Waals surface area contributed by atoms with Crippen LogP contribution in [0.2, 0.25) is 10.0 Å². The summed E-state index contributed by atoms with van der Waals surface area (Å²) in [6.45, 7) is 1.98. The summed E-state index contributed by atoms with van der Waals surface area (Å²) in [5.74, 6) is 0.105. The molecule has 0 saturated heterocycles. The fraction of sp³-hybridized carbons (Fsp3) is 0.0833. The van der Waals surface area contributed by atoms with Crippen molar-refractivity contribution in [2.24, 2.45) is 0 Å². The number of carbonyl (C=O) groups excluding carboxylic acids is 1. The molecule has 9 heteroatoms. The number of nitrogens with zero attached hydrogens (tertiary/aromatic N) is 4. The maximum atomic E-state index is 14.0. The number of benzene rings is 2. The van der Waals surface area contributed by atoms with Crippen LogP contribution in [0.3, 0.4) is 0 Å². The van der Waals surface area contributed by atoms with Gasteiger partial charge in [-0.3, -0.25) is 14.7 Å². The van der Waals surface area contributed by atoms with Gasteiger partial charge < -0.3 is 4.52 Å². The molecule has 0 aliphatic carbocycles. The Bertz CT molecular complexity index is 1470. The average molecular weight is 495 g/mol. The Hall–Kier alpha value is -3.26. The zero-order valence-electron chi connectivity index (χ0n) is 17.3. The Morgan fingerprint density at radius 2 is 1.97 bits per heavy atom. The van der Waals surface area contributed by atoms with E-state index < -0.39 is 0 Å². The number of aromatic nitrogens is 3. The summed E-state index contributed by atoms with van der Waals surface area (Å²) in [4.78, 5) is 24.5. The molecule has 0 radical (unpaired) electrons. The molecule has 0 bridgehead atoms. The lowest BCUT2D eigenvalue weighted by Gasteiger charge is -2.20. The first-order valence-electron chi connectivity index (χ1n) is 9.99. The maximum Gasteiger partial charge on any atom is 0.266 e. The van der Waals surface area contributed by atoms with Crippen LogP contribution in [0.15, 0.2) is 71.5 Å².